The zero-order valence-corrected chi connectivity index (χ0v) is 14.7. The molecule has 0 saturated heterocycles. The van der Waals surface area contributed by atoms with E-state index in [1.165, 1.54) is 10.5 Å². The highest BCUT2D eigenvalue weighted by molar-refractivity contribution is 5.68. The minimum Gasteiger partial charge on any atom is -0.550 e. The first-order chi connectivity index (χ1) is 12.1. The summed E-state index contributed by atoms with van der Waals surface area (Å²) in [4.78, 5) is 17.0. The van der Waals surface area contributed by atoms with Crippen LogP contribution in [-0.2, 0) is 24.3 Å². The number of aliphatic carboxylic acids is 1. The standard InChI is InChI=1S/C20H23N3O2/c1-3-22(13-16-7-5-4-6-8-16)14-18-17(11-20(24)25)21-19-10-9-15(2)12-23(18)19/h4-10,12H,3,11,13-14H2,1-2H3,(H,24,25). The molecule has 1 aromatic carbocycles. The number of hydrogen-bond donors (Lipinski definition) is 1. The maximum absolute atomic E-state index is 11.1. The van der Waals surface area contributed by atoms with Gasteiger partial charge in [0, 0.05) is 24.2 Å². The molecule has 2 aromatic heterocycles. The average Bonchev–Trinajstić information content (AvgIpc) is 2.91. The van der Waals surface area contributed by atoms with Crippen LogP contribution in [0.15, 0.2) is 48.7 Å². The Hall–Kier alpha value is -2.66. The van der Waals surface area contributed by atoms with Crippen LogP contribution >= 0.6 is 0 Å². The molecule has 0 fully saturated rings. The number of imidazole rings is 1. The number of nitrogens with zero attached hydrogens (tertiary/aromatic N) is 2. The molecule has 0 bridgehead atoms. The smallest absolute Gasteiger partial charge is 0.137 e. The van der Waals surface area contributed by atoms with Crippen molar-refractivity contribution >= 4 is 11.6 Å². The van der Waals surface area contributed by atoms with E-state index in [2.05, 4.69) is 24.0 Å². The van der Waals surface area contributed by atoms with E-state index in [1.807, 2.05) is 47.9 Å². The van der Waals surface area contributed by atoms with Gasteiger partial charge in [0.1, 0.15) is 24.4 Å². The number of benzene rings is 1. The van der Waals surface area contributed by atoms with Crippen LogP contribution in [0.25, 0.3) is 5.65 Å². The number of nitrogens with one attached hydrogen (secondary N) is 1. The lowest BCUT2D eigenvalue weighted by atomic mass is 10.2. The Labute approximate surface area is 147 Å². The molecule has 3 aromatic rings. The molecular weight excluding hydrogens is 314 g/mol. The van der Waals surface area contributed by atoms with Crippen molar-refractivity contribution in [1.29, 1.82) is 0 Å². The van der Waals surface area contributed by atoms with Gasteiger partial charge in [-0.25, -0.2) is 4.98 Å². The summed E-state index contributed by atoms with van der Waals surface area (Å²) in [5.41, 5.74) is 4.73. The summed E-state index contributed by atoms with van der Waals surface area (Å²) in [5, 5.41) is 11.1. The van der Waals surface area contributed by atoms with Crippen molar-refractivity contribution in [2.75, 3.05) is 6.54 Å². The zero-order chi connectivity index (χ0) is 17.8. The van der Waals surface area contributed by atoms with Crippen molar-refractivity contribution in [2.24, 2.45) is 0 Å². The third-order valence-corrected chi connectivity index (χ3v) is 4.47. The minimum atomic E-state index is -1.09. The molecule has 1 N–H and O–H groups in total. The Kier molecular flexibility index (Phi) is 5.14. The number of aryl methyl sites for hydroxylation is 1. The Morgan fingerprint density at radius 1 is 1.16 bits per heavy atom. The van der Waals surface area contributed by atoms with E-state index in [-0.39, 0.29) is 6.42 Å². The maximum atomic E-state index is 11.1. The zero-order valence-electron chi connectivity index (χ0n) is 14.7. The van der Waals surface area contributed by atoms with Crippen LogP contribution in [0.4, 0.5) is 0 Å². The van der Waals surface area contributed by atoms with Crippen molar-refractivity contribution in [2.45, 2.75) is 33.4 Å². The predicted molar refractivity (Wildman–Crippen MR) is 94.0 cm³/mol. The largest absolute Gasteiger partial charge is 0.550 e. The second kappa shape index (κ2) is 7.49. The van der Waals surface area contributed by atoms with Crippen LogP contribution in [0.5, 0.6) is 0 Å². The molecule has 0 aliphatic carbocycles. The highest BCUT2D eigenvalue weighted by Gasteiger charge is 2.18. The van der Waals surface area contributed by atoms with Gasteiger partial charge in [-0.05, 0) is 25.5 Å². The van der Waals surface area contributed by atoms with Gasteiger partial charge in [0.05, 0.1) is 12.2 Å². The van der Waals surface area contributed by atoms with Gasteiger partial charge in [0.15, 0.2) is 0 Å². The number of carboxylic acids is 1. The van der Waals surface area contributed by atoms with Gasteiger partial charge >= 0.3 is 0 Å². The summed E-state index contributed by atoms with van der Waals surface area (Å²) >= 11 is 0. The lowest BCUT2D eigenvalue weighted by Gasteiger charge is -2.18. The maximum Gasteiger partial charge on any atom is 0.137 e. The second-order valence-corrected chi connectivity index (χ2v) is 6.43. The Balaban J connectivity index is 1.94. The van der Waals surface area contributed by atoms with Crippen molar-refractivity contribution in [3.05, 3.63) is 71.2 Å². The number of quaternary nitrogens is 1. The molecule has 130 valence electrons. The van der Waals surface area contributed by atoms with Gasteiger partial charge in [-0.1, -0.05) is 36.4 Å². The fourth-order valence-electron chi connectivity index (χ4n) is 3.15. The van der Waals surface area contributed by atoms with Gasteiger partial charge in [0.25, 0.3) is 0 Å². The van der Waals surface area contributed by atoms with Crippen LogP contribution in [0.3, 0.4) is 0 Å². The summed E-state index contributed by atoms with van der Waals surface area (Å²) < 4.78 is 2.02. The monoisotopic (exact) mass is 337 g/mol. The Bertz CT molecular complexity index is 871. The van der Waals surface area contributed by atoms with Crippen LogP contribution in [0.2, 0.25) is 0 Å². The minimum absolute atomic E-state index is 0.154. The van der Waals surface area contributed by atoms with Gasteiger partial charge < -0.3 is 14.8 Å². The van der Waals surface area contributed by atoms with E-state index >= 15 is 0 Å². The average molecular weight is 337 g/mol. The summed E-state index contributed by atoms with van der Waals surface area (Å²) in [6, 6.07) is 14.3. The van der Waals surface area contributed by atoms with E-state index in [4.69, 9.17) is 0 Å². The number of carbonyl (C=O) groups is 1. The SMILES string of the molecule is CC[NH+](Cc1ccccc1)Cc1c(CC(=O)[O-])nc2ccc(C)cn12. The van der Waals surface area contributed by atoms with E-state index < -0.39 is 5.97 Å². The number of rotatable bonds is 7. The normalized spacial score (nSPS) is 12.4. The molecule has 5 nitrogen and oxygen atoms in total. The number of carbonyl (C=O) groups excluding carboxylic acids is 1. The van der Waals surface area contributed by atoms with Crippen LogP contribution < -0.4 is 10.0 Å². The summed E-state index contributed by atoms with van der Waals surface area (Å²) in [6.45, 7) is 6.72. The van der Waals surface area contributed by atoms with Crippen molar-refractivity contribution in [3.8, 4) is 0 Å². The molecule has 0 aliphatic heterocycles. The molecule has 0 aliphatic rings. The van der Waals surface area contributed by atoms with Crippen molar-refractivity contribution in [3.63, 3.8) is 0 Å². The van der Waals surface area contributed by atoms with E-state index in [0.717, 1.165) is 36.5 Å². The molecule has 0 saturated carbocycles. The number of pyridine rings is 1. The highest BCUT2D eigenvalue weighted by Crippen LogP contribution is 2.14. The molecule has 2 heterocycles. The van der Waals surface area contributed by atoms with Crippen LogP contribution in [0, 0.1) is 6.92 Å². The van der Waals surface area contributed by atoms with Crippen molar-refractivity contribution in [1.82, 2.24) is 9.38 Å². The van der Waals surface area contributed by atoms with Gasteiger partial charge in [-0.2, -0.15) is 0 Å². The fraction of sp³-hybridized carbons (Fsp3) is 0.300. The second-order valence-electron chi connectivity index (χ2n) is 6.43. The molecule has 3 rings (SSSR count). The predicted octanol–water partition coefficient (Wildman–Crippen LogP) is 0.540. The third-order valence-electron chi connectivity index (χ3n) is 4.47. The van der Waals surface area contributed by atoms with Crippen LogP contribution in [-0.4, -0.2) is 21.9 Å². The molecule has 5 heteroatoms. The summed E-state index contributed by atoms with van der Waals surface area (Å²) in [5.74, 6) is -1.09. The number of hydrogen-bond acceptors (Lipinski definition) is 3. The Morgan fingerprint density at radius 2 is 1.92 bits per heavy atom. The first-order valence-corrected chi connectivity index (χ1v) is 8.60. The fourth-order valence-corrected chi connectivity index (χ4v) is 3.15. The topological polar surface area (TPSA) is 61.9 Å². The number of fused-ring (bicyclic) bond motifs is 1. The van der Waals surface area contributed by atoms with E-state index in [1.54, 1.807) is 0 Å². The van der Waals surface area contributed by atoms with E-state index in [0.29, 0.717) is 5.69 Å². The molecule has 0 radical (unpaired) electrons. The number of aromatic nitrogens is 2. The van der Waals surface area contributed by atoms with Gasteiger partial charge in [-0.15, -0.1) is 0 Å². The molecule has 25 heavy (non-hydrogen) atoms. The first kappa shape index (κ1) is 17.2. The summed E-state index contributed by atoms with van der Waals surface area (Å²) in [7, 11) is 0. The van der Waals surface area contributed by atoms with Gasteiger partial charge in [0.2, 0.25) is 0 Å². The molecular formula is C20H23N3O2. The highest BCUT2D eigenvalue weighted by atomic mass is 16.4. The van der Waals surface area contributed by atoms with E-state index in [9.17, 15) is 9.90 Å². The number of carboxylic acid groups (broad SMARTS) is 1. The molecule has 1 unspecified atom stereocenters. The quantitative estimate of drug-likeness (QED) is 0.684. The lowest BCUT2D eigenvalue weighted by Crippen LogP contribution is -3.09. The molecule has 0 amide bonds. The lowest BCUT2D eigenvalue weighted by molar-refractivity contribution is -0.926. The van der Waals surface area contributed by atoms with Gasteiger partial charge in [-0.3, -0.25) is 4.40 Å². The first-order valence-electron chi connectivity index (χ1n) is 8.60. The van der Waals surface area contributed by atoms with Crippen molar-refractivity contribution < 1.29 is 14.8 Å². The molecule has 0 spiro atoms. The molecule has 1 atom stereocenters. The summed E-state index contributed by atoms with van der Waals surface area (Å²) in [6.07, 6.45) is 1.87. The third kappa shape index (κ3) is 4.06. The Morgan fingerprint density at radius 3 is 2.60 bits per heavy atom. The van der Waals surface area contributed by atoms with Crippen LogP contribution in [0.1, 0.15) is 29.4 Å².